The maximum absolute atomic E-state index is 11.7. The second kappa shape index (κ2) is 28.1. The van der Waals surface area contributed by atoms with E-state index in [-0.39, 0.29) is 12.8 Å². The molecule has 36 heteroatoms. The fourth-order valence-corrected chi connectivity index (χ4v) is 9.49. The van der Waals surface area contributed by atoms with Crippen molar-refractivity contribution in [3.8, 4) is 0 Å². The number of phosphoric ester groups is 1. The Morgan fingerprint density at radius 3 is 1.29 bits per heavy atom. The predicted molar refractivity (Wildman–Crippen MR) is 234 cm³/mol. The van der Waals surface area contributed by atoms with Crippen molar-refractivity contribution in [3.05, 3.63) is 0 Å². The predicted octanol–water partition coefficient (Wildman–Crippen LogP) is -11.7. The number of rotatable bonds is 23. The molecule has 30 atom stereocenters. The summed E-state index contributed by atoms with van der Waals surface area (Å²) in [6.07, 6.45) is -58.0. The van der Waals surface area contributed by atoms with E-state index in [0.29, 0.717) is 0 Å². The van der Waals surface area contributed by atoms with E-state index >= 15 is 0 Å². The van der Waals surface area contributed by atoms with Crippen molar-refractivity contribution in [1.82, 2.24) is 0 Å². The maximum atomic E-state index is 11.7. The molecule has 0 aromatic heterocycles. The lowest BCUT2D eigenvalue weighted by Gasteiger charge is -2.48. The van der Waals surface area contributed by atoms with Gasteiger partial charge in [0, 0.05) is 6.42 Å². The van der Waals surface area contributed by atoms with E-state index in [2.05, 4.69) is 4.52 Å². The number of aliphatic carboxylic acids is 1. The molecule has 0 spiro atoms. The zero-order valence-electron chi connectivity index (χ0n) is 40.7. The fourth-order valence-electron chi connectivity index (χ4n) is 9.15. The van der Waals surface area contributed by atoms with Gasteiger partial charge in [0.15, 0.2) is 37.7 Å². The van der Waals surface area contributed by atoms with Crippen LogP contribution in [0, 0.1) is 0 Å². The Bertz CT molecular complexity index is 1860. The number of aliphatic hydroxyl groups excluding tert-OH is 17. The standard InChI is InChI=1S/C41H71O35P/c1-2-11-18(46)24(52)30(58)38(68-11)75-34-27(55)19(47)12(6-42)69-40(34)66-8-14-21(49)25(53)29(57)36(71-14)65-9-15-23(51)33(32(60)37(72-15)64-5-3-4-17(44)45)74-41-35(28(56)20(48)13(7-43)70-41)76-39-31(59)26(54)22(50)16(73-39)10-67-77(61,62)63/h11-16,18-43,46-60H,2-10H2,1H3,(H,44,45)(H2,61,62,63)/t11?,12?,13?,14?,15?,16?,18-,19-,20-,21-,22-,23-,24-,25-,26-,27-,28-,29?,30?,31?,32?,33-,34?,35?,36+,37+,38-,39-,40+,41-/m0/s1. The highest BCUT2D eigenvalue weighted by molar-refractivity contribution is 7.46. The van der Waals surface area contributed by atoms with Crippen LogP contribution in [0.25, 0.3) is 0 Å². The highest BCUT2D eigenvalue weighted by Gasteiger charge is 2.56. The third-order valence-electron chi connectivity index (χ3n) is 13.6. The molecule has 20 N–H and O–H groups in total. The van der Waals surface area contributed by atoms with Gasteiger partial charge in [0.25, 0.3) is 0 Å². The molecule has 6 saturated heterocycles. The summed E-state index contributed by atoms with van der Waals surface area (Å²) < 4.78 is 83.8. The third kappa shape index (κ3) is 15.4. The first-order valence-corrected chi connectivity index (χ1v) is 25.8. The van der Waals surface area contributed by atoms with Gasteiger partial charge in [0.05, 0.1) is 45.7 Å². The minimum absolute atomic E-state index is 0.119. The lowest BCUT2D eigenvalue weighted by molar-refractivity contribution is -0.391. The smallest absolute Gasteiger partial charge is 0.469 e. The van der Waals surface area contributed by atoms with E-state index in [1.54, 1.807) is 6.92 Å². The zero-order valence-corrected chi connectivity index (χ0v) is 41.6. The summed E-state index contributed by atoms with van der Waals surface area (Å²) in [6, 6.07) is 0. The molecule has 0 aromatic carbocycles. The van der Waals surface area contributed by atoms with Crippen molar-refractivity contribution in [2.75, 3.05) is 39.6 Å². The SMILES string of the molecule is CCC1O[C@@H](OC2[C@H](OCC3O[C@@H](OCC4O[C@@H](OCCCC(=O)O)C(O)[C@@H](O[C@@H]5OC(CO)[C@H](O)[C@H](O)C5O[C@@H]5OC(COP(=O)(O)O)[C@H](O)[C@H](O)C5O)[C@H]4O)C(O)[C@@H](O)[C@H]3O)OC(CO)[C@H](O)[C@@H]2O)C(O)[C@@H](O)[C@H]1O. The lowest BCUT2D eigenvalue weighted by atomic mass is 9.96. The molecule has 35 nitrogen and oxygen atoms in total. The number of hydrogen-bond donors (Lipinski definition) is 20. The Morgan fingerprint density at radius 2 is 0.792 bits per heavy atom. The largest absolute Gasteiger partial charge is 0.481 e. The van der Waals surface area contributed by atoms with E-state index in [1.165, 1.54) is 0 Å². The highest BCUT2D eigenvalue weighted by Crippen LogP contribution is 2.39. The van der Waals surface area contributed by atoms with Crippen LogP contribution in [-0.2, 0) is 70.7 Å². The van der Waals surface area contributed by atoms with Gasteiger partial charge in [-0.1, -0.05) is 6.92 Å². The Kier molecular flexibility index (Phi) is 23.6. The molecule has 0 aromatic rings. The Labute approximate surface area is 435 Å². The highest BCUT2D eigenvalue weighted by atomic mass is 31.2. The first kappa shape index (κ1) is 64.6. The summed E-state index contributed by atoms with van der Waals surface area (Å²) in [5.41, 5.74) is 0. The molecule has 450 valence electrons. The van der Waals surface area contributed by atoms with Crippen LogP contribution in [0.3, 0.4) is 0 Å². The number of hydrogen-bond acceptors (Lipinski definition) is 32. The van der Waals surface area contributed by atoms with Gasteiger partial charge in [0.2, 0.25) is 0 Å². The molecule has 0 aliphatic carbocycles. The second-order valence-electron chi connectivity index (χ2n) is 19.0. The van der Waals surface area contributed by atoms with Gasteiger partial charge in [-0.25, -0.2) is 4.57 Å². The molecule has 6 heterocycles. The Hall–Kier alpha value is -1.58. The summed E-state index contributed by atoms with van der Waals surface area (Å²) in [5, 5.41) is 192. The van der Waals surface area contributed by atoms with Gasteiger partial charge >= 0.3 is 13.8 Å². The molecule has 6 fully saturated rings. The summed E-state index contributed by atoms with van der Waals surface area (Å²) in [7, 11) is -5.20. The van der Waals surface area contributed by atoms with Crippen LogP contribution in [0.1, 0.15) is 26.2 Å². The summed E-state index contributed by atoms with van der Waals surface area (Å²) in [5.74, 6) is -1.23. The average molecular weight is 1150 g/mol. The minimum atomic E-state index is -5.20. The molecule has 77 heavy (non-hydrogen) atoms. The molecular formula is C41H71O35P. The normalized spacial score (nSPS) is 48.2. The fraction of sp³-hybridized carbons (Fsp3) is 0.976. The quantitative estimate of drug-likeness (QED) is 0.0334. The van der Waals surface area contributed by atoms with Crippen LogP contribution in [0.4, 0.5) is 0 Å². The van der Waals surface area contributed by atoms with Gasteiger partial charge in [-0.2, -0.15) is 0 Å². The van der Waals surface area contributed by atoms with E-state index in [0.717, 1.165) is 0 Å². The first-order valence-electron chi connectivity index (χ1n) is 24.3. The third-order valence-corrected chi connectivity index (χ3v) is 14.1. The van der Waals surface area contributed by atoms with Crippen molar-refractivity contribution in [1.29, 1.82) is 0 Å². The Balaban J connectivity index is 1.19. The van der Waals surface area contributed by atoms with Crippen molar-refractivity contribution >= 4 is 13.8 Å². The second-order valence-corrected chi connectivity index (χ2v) is 20.3. The number of aliphatic hydroxyl groups is 17. The van der Waals surface area contributed by atoms with Gasteiger partial charge in [-0.3, -0.25) is 9.32 Å². The van der Waals surface area contributed by atoms with Crippen LogP contribution in [0.15, 0.2) is 0 Å². The van der Waals surface area contributed by atoms with Gasteiger partial charge in [-0.05, 0) is 12.8 Å². The molecule has 0 bridgehead atoms. The monoisotopic (exact) mass is 1150 g/mol. The van der Waals surface area contributed by atoms with Crippen molar-refractivity contribution in [2.24, 2.45) is 0 Å². The van der Waals surface area contributed by atoms with Gasteiger partial charge < -0.3 is 159 Å². The number of carboxylic acids is 1. The van der Waals surface area contributed by atoms with Crippen LogP contribution in [0.5, 0.6) is 0 Å². The van der Waals surface area contributed by atoms with E-state index < -0.39 is 244 Å². The molecule has 6 aliphatic heterocycles. The minimum Gasteiger partial charge on any atom is -0.481 e. The van der Waals surface area contributed by atoms with E-state index in [1.807, 2.05) is 0 Å². The van der Waals surface area contributed by atoms with Crippen LogP contribution in [0.2, 0.25) is 0 Å². The van der Waals surface area contributed by atoms with Crippen LogP contribution >= 0.6 is 7.82 Å². The molecule has 0 saturated carbocycles. The number of ether oxygens (including phenoxy) is 12. The molecule has 0 radical (unpaired) electrons. The maximum Gasteiger partial charge on any atom is 0.469 e. The van der Waals surface area contributed by atoms with Crippen molar-refractivity contribution < 1.29 is 172 Å². The van der Waals surface area contributed by atoms with E-state index in [9.17, 15) is 96.2 Å². The van der Waals surface area contributed by atoms with E-state index in [4.69, 9.17) is 71.7 Å². The van der Waals surface area contributed by atoms with Gasteiger partial charge in [-0.15, -0.1) is 0 Å². The zero-order chi connectivity index (χ0) is 57.0. The average Bonchev–Trinajstić information content (AvgIpc) is 3.40. The molecule has 0 amide bonds. The molecular weight excluding hydrogens is 1080 g/mol. The Morgan fingerprint density at radius 1 is 0.416 bits per heavy atom. The molecule has 6 rings (SSSR count). The molecule has 6 aliphatic rings. The lowest BCUT2D eigenvalue weighted by Crippen LogP contribution is -2.67. The summed E-state index contributed by atoms with van der Waals surface area (Å²) in [4.78, 5) is 29.6. The topological polar surface area (TPSA) is 559 Å². The van der Waals surface area contributed by atoms with Gasteiger partial charge in [0.1, 0.15) is 140 Å². The van der Waals surface area contributed by atoms with Crippen molar-refractivity contribution in [3.63, 3.8) is 0 Å². The molecule has 12 unspecified atom stereocenters. The number of carbonyl (C=O) groups is 1. The first-order chi connectivity index (χ1) is 36.2. The van der Waals surface area contributed by atoms with Crippen LogP contribution < -0.4 is 0 Å². The number of phosphoric acid groups is 1. The summed E-state index contributed by atoms with van der Waals surface area (Å²) in [6.45, 7) is -3.60. The summed E-state index contributed by atoms with van der Waals surface area (Å²) >= 11 is 0. The van der Waals surface area contributed by atoms with Crippen molar-refractivity contribution in [2.45, 2.75) is 210 Å². The number of carboxylic acid groups (broad SMARTS) is 1. The van der Waals surface area contributed by atoms with Crippen LogP contribution in [-0.4, -0.2) is 332 Å².